The van der Waals surface area contributed by atoms with Crippen LogP contribution in [0.25, 0.3) is 0 Å². The average Bonchev–Trinajstić information content (AvgIpc) is 2.42. The Labute approximate surface area is 112 Å². The molecule has 2 rings (SSSR count). The average molecular weight is 266 g/mol. The van der Waals surface area contributed by atoms with Crippen molar-refractivity contribution in [3.05, 3.63) is 30.1 Å². The summed E-state index contributed by atoms with van der Waals surface area (Å²) in [4.78, 5) is 11.7. The molecule has 1 fully saturated rings. The summed E-state index contributed by atoms with van der Waals surface area (Å²) in [5.74, 6) is -0.265. The fraction of sp³-hybridized carbons (Fsp3) is 0.500. The third-order valence-corrected chi connectivity index (χ3v) is 3.09. The molecule has 1 aliphatic rings. The minimum atomic E-state index is -0.403. The van der Waals surface area contributed by atoms with Crippen molar-refractivity contribution in [2.24, 2.45) is 0 Å². The molecule has 1 heterocycles. The van der Waals surface area contributed by atoms with Gasteiger partial charge in [0.15, 0.2) is 11.6 Å². The zero-order valence-electron chi connectivity index (χ0n) is 10.8. The zero-order chi connectivity index (χ0) is 13.5. The zero-order valence-corrected chi connectivity index (χ0v) is 10.8. The van der Waals surface area contributed by atoms with E-state index in [1.807, 2.05) is 0 Å². The minimum Gasteiger partial charge on any atom is -0.490 e. The highest BCUT2D eigenvalue weighted by Crippen LogP contribution is 2.15. The second-order valence-electron chi connectivity index (χ2n) is 4.64. The maximum absolute atomic E-state index is 13.3. The number of benzene rings is 1. The standard InChI is InChI=1S/C14H19FN2O2/c15-12-5-1-2-6-13(12)19-9-7-14(18)17-11-4-3-8-16-10-11/h1-2,5-6,11,16H,3-4,7-10H2,(H,17,18). The molecular weight excluding hydrogens is 247 g/mol. The Balaban J connectivity index is 1.67. The summed E-state index contributed by atoms with van der Waals surface area (Å²) in [6.07, 6.45) is 2.33. The van der Waals surface area contributed by atoms with Crippen LogP contribution in [-0.4, -0.2) is 31.6 Å². The lowest BCUT2D eigenvalue weighted by molar-refractivity contribution is -0.122. The first-order chi connectivity index (χ1) is 9.25. The number of nitrogens with one attached hydrogen (secondary N) is 2. The Hall–Kier alpha value is -1.62. The van der Waals surface area contributed by atoms with E-state index in [1.165, 1.54) is 6.07 Å². The molecule has 0 spiro atoms. The molecule has 4 nitrogen and oxygen atoms in total. The summed E-state index contributed by atoms with van der Waals surface area (Å²) in [5, 5.41) is 6.18. The first-order valence-corrected chi connectivity index (χ1v) is 6.63. The first kappa shape index (κ1) is 13.8. The Morgan fingerprint density at radius 2 is 2.32 bits per heavy atom. The summed E-state index contributed by atoms with van der Waals surface area (Å²) < 4.78 is 18.5. The summed E-state index contributed by atoms with van der Waals surface area (Å²) >= 11 is 0. The predicted octanol–water partition coefficient (Wildman–Crippen LogP) is 1.46. The first-order valence-electron chi connectivity index (χ1n) is 6.63. The summed E-state index contributed by atoms with van der Waals surface area (Å²) in [7, 11) is 0. The molecule has 0 aromatic heterocycles. The van der Waals surface area contributed by atoms with Crippen LogP contribution in [-0.2, 0) is 4.79 Å². The predicted molar refractivity (Wildman–Crippen MR) is 70.5 cm³/mol. The topological polar surface area (TPSA) is 50.4 Å². The lowest BCUT2D eigenvalue weighted by atomic mass is 10.1. The van der Waals surface area contributed by atoms with Gasteiger partial charge >= 0.3 is 0 Å². The third-order valence-electron chi connectivity index (χ3n) is 3.09. The molecule has 1 atom stereocenters. The summed E-state index contributed by atoms with van der Waals surface area (Å²) in [6.45, 7) is 2.02. The Bertz CT molecular complexity index is 420. The van der Waals surface area contributed by atoms with Gasteiger partial charge in [-0.3, -0.25) is 4.79 Å². The van der Waals surface area contributed by atoms with Crippen molar-refractivity contribution in [2.75, 3.05) is 19.7 Å². The van der Waals surface area contributed by atoms with Crippen LogP contribution < -0.4 is 15.4 Å². The molecule has 1 unspecified atom stereocenters. The molecule has 1 aromatic carbocycles. The van der Waals surface area contributed by atoms with Crippen molar-refractivity contribution in [2.45, 2.75) is 25.3 Å². The van der Waals surface area contributed by atoms with Gasteiger partial charge in [0.1, 0.15) is 0 Å². The molecule has 0 bridgehead atoms. The molecule has 2 N–H and O–H groups in total. The molecule has 1 aliphatic heterocycles. The Kier molecular flexibility index (Phi) is 5.15. The van der Waals surface area contributed by atoms with Gasteiger partial charge in [0.2, 0.25) is 5.91 Å². The number of hydrogen-bond acceptors (Lipinski definition) is 3. The Morgan fingerprint density at radius 1 is 1.47 bits per heavy atom. The number of carbonyl (C=O) groups is 1. The number of halogens is 1. The molecule has 0 saturated carbocycles. The van der Waals surface area contributed by atoms with Gasteiger partial charge in [-0.25, -0.2) is 4.39 Å². The highest BCUT2D eigenvalue weighted by molar-refractivity contribution is 5.76. The molecule has 5 heteroatoms. The highest BCUT2D eigenvalue weighted by atomic mass is 19.1. The molecule has 104 valence electrons. The van der Waals surface area contributed by atoms with Crippen LogP contribution >= 0.6 is 0 Å². The number of carbonyl (C=O) groups excluding carboxylic acids is 1. The number of para-hydroxylation sites is 1. The number of amides is 1. The quantitative estimate of drug-likeness (QED) is 0.848. The Morgan fingerprint density at radius 3 is 3.05 bits per heavy atom. The maximum Gasteiger partial charge on any atom is 0.223 e. The van der Waals surface area contributed by atoms with E-state index in [0.717, 1.165) is 25.9 Å². The minimum absolute atomic E-state index is 0.0509. The number of hydrogen-bond donors (Lipinski definition) is 2. The van der Waals surface area contributed by atoms with E-state index in [4.69, 9.17) is 4.74 Å². The largest absolute Gasteiger partial charge is 0.490 e. The SMILES string of the molecule is O=C(CCOc1ccccc1F)NC1CCCNC1. The van der Waals surface area contributed by atoms with Crippen molar-refractivity contribution in [1.29, 1.82) is 0 Å². The van der Waals surface area contributed by atoms with Crippen LogP contribution in [0.2, 0.25) is 0 Å². The normalized spacial score (nSPS) is 18.9. The third kappa shape index (κ3) is 4.52. The molecule has 0 radical (unpaired) electrons. The second-order valence-corrected chi connectivity index (χ2v) is 4.64. The van der Waals surface area contributed by atoms with Crippen LogP contribution in [0.15, 0.2) is 24.3 Å². The van der Waals surface area contributed by atoms with Gasteiger partial charge in [0.25, 0.3) is 0 Å². The molecule has 0 aliphatic carbocycles. The monoisotopic (exact) mass is 266 g/mol. The number of rotatable bonds is 5. The van der Waals surface area contributed by atoms with Crippen molar-refractivity contribution < 1.29 is 13.9 Å². The fourth-order valence-corrected chi connectivity index (χ4v) is 2.09. The molecule has 1 saturated heterocycles. The summed E-state index contributed by atoms with van der Waals surface area (Å²) in [5.41, 5.74) is 0. The number of piperidine rings is 1. The van der Waals surface area contributed by atoms with E-state index in [1.54, 1.807) is 18.2 Å². The van der Waals surface area contributed by atoms with E-state index in [0.29, 0.717) is 0 Å². The fourth-order valence-electron chi connectivity index (χ4n) is 2.09. The van der Waals surface area contributed by atoms with Crippen LogP contribution in [0.4, 0.5) is 4.39 Å². The van der Waals surface area contributed by atoms with Crippen molar-refractivity contribution in [3.8, 4) is 5.75 Å². The maximum atomic E-state index is 13.3. The van der Waals surface area contributed by atoms with Crippen LogP contribution in [0.1, 0.15) is 19.3 Å². The van der Waals surface area contributed by atoms with E-state index in [-0.39, 0.29) is 30.7 Å². The van der Waals surface area contributed by atoms with E-state index < -0.39 is 5.82 Å². The summed E-state index contributed by atoms with van der Waals surface area (Å²) in [6, 6.07) is 6.40. The lowest BCUT2D eigenvalue weighted by Gasteiger charge is -2.23. The second kappa shape index (κ2) is 7.09. The van der Waals surface area contributed by atoms with Crippen LogP contribution in [0.3, 0.4) is 0 Å². The number of ether oxygens (including phenoxy) is 1. The van der Waals surface area contributed by atoms with Crippen LogP contribution in [0.5, 0.6) is 5.75 Å². The van der Waals surface area contributed by atoms with Gasteiger partial charge in [-0.05, 0) is 31.5 Å². The molecule has 19 heavy (non-hydrogen) atoms. The van der Waals surface area contributed by atoms with Gasteiger partial charge in [-0.15, -0.1) is 0 Å². The van der Waals surface area contributed by atoms with E-state index >= 15 is 0 Å². The van der Waals surface area contributed by atoms with E-state index in [9.17, 15) is 9.18 Å². The van der Waals surface area contributed by atoms with Gasteiger partial charge in [0, 0.05) is 12.6 Å². The smallest absolute Gasteiger partial charge is 0.223 e. The van der Waals surface area contributed by atoms with Gasteiger partial charge < -0.3 is 15.4 Å². The van der Waals surface area contributed by atoms with Gasteiger partial charge in [-0.1, -0.05) is 12.1 Å². The van der Waals surface area contributed by atoms with Crippen LogP contribution in [0, 0.1) is 5.82 Å². The lowest BCUT2D eigenvalue weighted by Crippen LogP contribution is -2.45. The molecule has 1 amide bonds. The molecular formula is C14H19FN2O2. The molecule has 1 aromatic rings. The van der Waals surface area contributed by atoms with E-state index in [2.05, 4.69) is 10.6 Å². The van der Waals surface area contributed by atoms with Crippen molar-refractivity contribution in [1.82, 2.24) is 10.6 Å². The van der Waals surface area contributed by atoms with Gasteiger partial charge in [-0.2, -0.15) is 0 Å². The highest BCUT2D eigenvalue weighted by Gasteiger charge is 2.15. The van der Waals surface area contributed by atoms with Crippen molar-refractivity contribution in [3.63, 3.8) is 0 Å². The van der Waals surface area contributed by atoms with Gasteiger partial charge in [0.05, 0.1) is 13.0 Å². The van der Waals surface area contributed by atoms with Crippen molar-refractivity contribution >= 4 is 5.91 Å².